The van der Waals surface area contributed by atoms with Gasteiger partial charge < -0.3 is 9.64 Å². The van der Waals surface area contributed by atoms with E-state index in [9.17, 15) is 0 Å². The summed E-state index contributed by atoms with van der Waals surface area (Å²) in [5.41, 5.74) is 0. The van der Waals surface area contributed by atoms with Gasteiger partial charge in [-0.3, -0.25) is 4.90 Å². The Kier molecular flexibility index (Phi) is 4.85. The van der Waals surface area contributed by atoms with Gasteiger partial charge in [0, 0.05) is 25.7 Å². The first-order valence-corrected chi connectivity index (χ1v) is 5.60. The predicted molar refractivity (Wildman–Crippen MR) is 59.6 cm³/mol. The van der Waals surface area contributed by atoms with E-state index in [-0.39, 0.29) is 0 Å². The highest BCUT2D eigenvalue weighted by Gasteiger charge is 2.21. The van der Waals surface area contributed by atoms with Crippen molar-refractivity contribution in [3.8, 4) is 0 Å². The van der Waals surface area contributed by atoms with Gasteiger partial charge in [0.15, 0.2) is 0 Å². The van der Waals surface area contributed by atoms with Crippen molar-refractivity contribution in [2.24, 2.45) is 0 Å². The SMILES string of the molecule is CC(C)N1CCOC(CCN(C)C)C1. The third kappa shape index (κ3) is 3.95. The first kappa shape index (κ1) is 12.0. The fourth-order valence-electron chi connectivity index (χ4n) is 1.79. The van der Waals surface area contributed by atoms with E-state index in [4.69, 9.17) is 4.74 Å². The molecule has 0 aromatic rings. The summed E-state index contributed by atoms with van der Waals surface area (Å²) >= 11 is 0. The van der Waals surface area contributed by atoms with Crippen molar-refractivity contribution in [2.75, 3.05) is 40.3 Å². The summed E-state index contributed by atoms with van der Waals surface area (Å²) in [6, 6.07) is 0.653. The summed E-state index contributed by atoms with van der Waals surface area (Å²) in [6.45, 7) is 8.73. The molecule has 0 aliphatic carbocycles. The summed E-state index contributed by atoms with van der Waals surface area (Å²) in [5, 5.41) is 0. The van der Waals surface area contributed by atoms with Crippen LogP contribution >= 0.6 is 0 Å². The molecule has 1 aliphatic rings. The standard InChI is InChI=1S/C11H24N2O/c1-10(2)13-7-8-14-11(9-13)5-6-12(3)4/h10-11H,5-9H2,1-4H3. The van der Waals surface area contributed by atoms with Gasteiger partial charge in [0.05, 0.1) is 12.7 Å². The van der Waals surface area contributed by atoms with Crippen LogP contribution in [0, 0.1) is 0 Å². The van der Waals surface area contributed by atoms with Crippen LogP contribution in [0.3, 0.4) is 0 Å². The molecule has 0 radical (unpaired) electrons. The monoisotopic (exact) mass is 200 g/mol. The Morgan fingerprint density at radius 2 is 2.14 bits per heavy atom. The van der Waals surface area contributed by atoms with E-state index in [0.717, 1.165) is 32.7 Å². The van der Waals surface area contributed by atoms with Crippen molar-refractivity contribution < 1.29 is 4.74 Å². The number of hydrogen-bond donors (Lipinski definition) is 0. The molecular weight excluding hydrogens is 176 g/mol. The first-order valence-electron chi connectivity index (χ1n) is 5.60. The Morgan fingerprint density at radius 3 is 2.71 bits per heavy atom. The molecule has 1 saturated heterocycles. The van der Waals surface area contributed by atoms with Gasteiger partial charge >= 0.3 is 0 Å². The van der Waals surface area contributed by atoms with Crippen LogP contribution in [-0.2, 0) is 4.74 Å². The zero-order valence-corrected chi connectivity index (χ0v) is 9.99. The van der Waals surface area contributed by atoms with Crippen molar-refractivity contribution in [3.63, 3.8) is 0 Å². The molecule has 1 atom stereocenters. The van der Waals surface area contributed by atoms with E-state index >= 15 is 0 Å². The lowest BCUT2D eigenvalue weighted by Gasteiger charge is -2.35. The quantitative estimate of drug-likeness (QED) is 0.674. The minimum Gasteiger partial charge on any atom is -0.376 e. The number of hydrogen-bond acceptors (Lipinski definition) is 3. The minimum absolute atomic E-state index is 0.438. The molecule has 1 fully saturated rings. The van der Waals surface area contributed by atoms with Gasteiger partial charge in [-0.25, -0.2) is 0 Å². The van der Waals surface area contributed by atoms with E-state index in [0.29, 0.717) is 12.1 Å². The Balaban J connectivity index is 2.25. The average molecular weight is 200 g/mol. The van der Waals surface area contributed by atoms with Crippen LogP contribution in [0.15, 0.2) is 0 Å². The van der Waals surface area contributed by atoms with Crippen LogP contribution < -0.4 is 0 Å². The van der Waals surface area contributed by atoms with Crippen molar-refractivity contribution in [3.05, 3.63) is 0 Å². The third-order valence-electron chi connectivity index (χ3n) is 2.80. The predicted octanol–water partition coefficient (Wildman–Crippen LogP) is 1.05. The van der Waals surface area contributed by atoms with Crippen LogP contribution in [0.5, 0.6) is 0 Å². The summed E-state index contributed by atoms with van der Waals surface area (Å²) in [5.74, 6) is 0. The van der Waals surface area contributed by atoms with Gasteiger partial charge in [-0.1, -0.05) is 0 Å². The van der Waals surface area contributed by atoms with E-state index < -0.39 is 0 Å². The van der Waals surface area contributed by atoms with E-state index in [1.165, 1.54) is 0 Å². The molecule has 0 saturated carbocycles. The second-order valence-electron chi connectivity index (χ2n) is 4.67. The maximum Gasteiger partial charge on any atom is 0.0714 e. The zero-order valence-electron chi connectivity index (χ0n) is 9.99. The molecule has 3 heteroatoms. The highest BCUT2D eigenvalue weighted by Crippen LogP contribution is 2.11. The van der Waals surface area contributed by atoms with Gasteiger partial charge in [0.25, 0.3) is 0 Å². The number of morpholine rings is 1. The van der Waals surface area contributed by atoms with Crippen molar-refractivity contribution in [2.45, 2.75) is 32.4 Å². The van der Waals surface area contributed by atoms with Crippen LogP contribution in [0.2, 0.25) is 0 Å². The van der Waals surface area contributed by atoms with Crippen molar-refractivity contribution in [1.82, 2.24) is 9.80 Å². The van der Waals surface area contributed by atoms with Crippen molar-refractivity contribution in [1.29, 1.82) is 0 Å². The van der Waals surface area contributed by atoms with E-state index in [2.05, 4.69) is 37.7 Å². The molecular formula is C11H24N2O. The first-order chi connectivity index (χ1) is 6.59. The van der Waals surface area contributed by atoms with E-state index in [1.807, 2.05) is 0 Å². The van der Waals surface area contributed by atoms with Crippen LogP contribution in [0.25, 0.3) is 0 Å². The summed E-state index contributed by atoms with van der Waals surface area (Å²) in [6.07, 6.45) is 1.59. The summed E-state index contributed by atoms with van der Waals surface area (Å²) in [4.78, 5) is 4.72. The largest absolute Gasteiger partial charge is 0.376 e. The Bertz CT molecular complexity index is 159. The third-order valence-corrected chi connectivity index (χ3v) is 2.80. The van der Waals surface area contributed by atoms with Gasteiger partial charge in [-0.05, 0) is 34.4 Å². The van der Waals surface area contributed by atoms with Crippen molar-refractivity contribution >= 4 is 0 Å². The maximum absolute atomic E-state index is 5.74. The molecule has 1 unspecified atom stereocenters. The second kappa shape index (κ2) is 5.69. The van der Waals surface area contributed by atoms with Gasteiger partial charge in [-0.15, -0.1) is 0 Å². The van der Waals surface area contributed by atoms with Gasteiger partial charge in [0.1, 0.15) is 0 Å². The maximum atomic E-state index is 5.74. The zero-order chi connectivity index (χ0) is 10.6. The molecule has 0 bridgehead atoms. The van der Waals surface area contributed by atoms with Gasteiger partial charge in [0.2, 0.25) is 0 Å². The molecule has 0 aromatic carbocycles. The molecule has 14 heavy (non-hydrogen) atoms. The molecule has 1 aliphatic heterocycles. The normalized spacial score (nSPS) is 24.9. The fourth-order valence-corrected chi connectivity index (χ4v) is 1.79. The molecule has 0 N–H and O–H groups in total. The molecule has 0 amide bonds. The molecule has 84 valence electrons. The second-order valence-corrected chi connectivity index (χ2v) is 4.67. The fraction of sp³-hybridized carbons (Fsp3) is 1.00. The topological polar surface area (TPSA) is 15.7 Å². The smallest absolute Gasteiger partial charge is 0.0714 e. The Labute approximate surface area is 88.0 Å². The Hall–Kier alpha value is -0.120. The van der Waals surface area contributed by atoms with Gasteiger partial charge in [-0.2, -0.15) is 0 Å². The lowest BCUT2D eigenvalue weighted by Crippen LogP contribution is -2.46. The Morgan fingerprint density at radius 1 is 1.43 bits per heavy atom. The minimum atomic E-state index is 0.438. The summed E-state index contributed by atoms with van der Waals surface area (Å²) < 4.78 is 5.74. The van der Waals surface area contributed by atoms with E-state index in [1.54, 1.807) is 0 Å². The number of rotatable bonds is 4. The number of ether oxygens (including phenoxy) is 1. The molecule has 1 heterocycles. The van der Waals surface area contributed by atoms with Crippen LogP contribution in [-0.4, -0.2) is 62.3 Å². The van der Waals surface area contributed by atoms with Crippen LogP contribution in [0.4, 0.5) is 0 Å². The molecule has 0 spiro atoms. The molecule has 3 nitrogen and oxygen atoms in total. The highest BCUT2D eigenvalue weighted by atomic mass is 16.5. The molecule has 0 aromatic heterocycles. The summed E-state index contributed by atoms with van der Waals surface area (Å²) in [7, 11) is 4.23. The average Bonchev–Trinajstić information content (AvgIpc) is 2.15. The lowest BCUT2D eigenvalue weighted by molar-refractivity contribution is -0.0438. The lowest BCUT2D eigenvalue weighted by atomic mass is 10.1. The highest BCUT2D eigenvalue weighted by molar-refractivity contribution is 4.74. The number of nitrogens with zero attached hydrogens (tertiary/aromatic N) is 2. The molecule has 1 rings (SSSR count). The van der Waals surface area contributed by atoms with Crippen LogP contribution in [0.1, 0.15) is 20.3 Å².